The van der Waals surface area contributed by atoms with Crippen LogP contribution in [0.4, 0.5) is 0 Å². The largest absolute Gasteiger partial charge is 0.393 e. The standard InChI is InChI=1S/C13H26O/c1-9-7-11(14)13(6,8-10(9)2)12(3,4)5/h9-11,14H,7-8H2,1-6H3/t9?,10?,11?,13-/m1/s1. The van der Waals surface area contributed by atoms with E-state index in [2.05, 4.69) is 41.5 Å². The van der Waals surface area contributed by atoms with Crippen LogP contribution in [0.15, 0.2) is 0 Å². The van der Waals surface area contributed by atoms with Crippen molar-refractivity contribution in [1.82, 2.24) is 0 Å². The van der Waals surface area contributed by atoms with Gasteiger partial charge >= 0.3 is 0 Å². The van der Waals surface area contributed by atoms with Crippen molar-refractivity contribution in [2.24, 2.45) is 22.7 Å². The first-order valence-corrected chi connectivity index (χ1v) is 5.86. The molecular weight excluding hydrogens is 172 g/mol. The molecule has 0 heterocycles. The van der Waals surface area contributed by atoms with Crippen molar-refractivity contribution in [3.8, 4) is 0 Å². The minimum Gasteiger partial charge on any atom is -0.393 e. The Morgan fingerprint density at radius 1 is 1.14 bits per heavy atom. The zero-order chi connectivity index (χ0) is 11.1. The fourth-order valence-corrected chi connectivity index (χ4v) is 2.66. The summed E-state index contributed by atoms with van der Waals surface area (Å²) in [6.45, 7) is 13.6. The van der Waals surface area contributed by atoms with Crippen LogP contribution < -0.4 is 0 Å². The Morgan fingerprint density at radius 2 is 1.64 bits per heavy atom. The molecule has 0 bridgehead atoms. The van der Waals surface area contributed by atoms with Crippen LogP contribution in [0.3, 0.4) is 0 Å². The second-order valence-electron chi connectivity index (χ2n) is 6.58. The second-order valence-corrected chi connectivity index (χ2v) is 6.58. The van der Waals surface area contributed by atoms with Crippen molar-refractivity contribution in [2.45, 2.75) is 60.5 Å². The van der Waals surface area contributed by atoms with E-state index in [0.29, 0.717) is 5.92 Å². The smallest absolute Gasteiger partial charge is 0.0601 e. The highest BCUT2D eigenvalue weighted by atomic mass is 16.3. The summed E-state index contributed by atoms with van der Waals surface area (Å²) in [5, 5.41) is 10.3. The fraction of sp³-hybridized carbons (Fsp3) is 1.00. The van der Waals surface area contributed by atoms with Gasteiger partial charge in [-0.05, 0) is 35.5 Å². The summed E-state index contributed by atoms with van der Waals surface area (Å²) in [5.74, 6) is 1.41. The maximum atomic E-state index is 10.3. The third-order valence-corrected chi connectivity index (χ3v) is 4.76. The van der Waals surface area contributed by atoms with Gasteiger partial charge in [-0.25, -0.2) is 0 Å². The highest BCUT2D eigenvalue weighted by molar-refractivity contribution is 4.97. The molecule has 1 fully saturated rings. The zero-order valence-electron chi connectivity index (χ0n) is 10.6. The lowest BCUT2D eigenvalue weighted by Crippen LogP contribution is -2.49. The van der Waals surface area contributed by atoms with Gasteiger partial charge in [0.05, 0.1) is 6.10 Å². The lowest BCUT2D eigenvalue weighted by Gasteiger charge is -2.52. The molecule has 0 aliphatic heterocycles. The van der Waals surface area contributed by atoms with Crippen LogP contribution in [0.1, 0.15) is 54.4 Å². The molecule has 1 heteroatoms. The van der Waals surface area contributed by atoms with Gasteiger partial charge in [0.15, 0.2) is 0 Å². The minimum absolute atomic E-state index is 0.0823. The molecular formula is C13H26O. The van der Waals surface area contributed by atoms with Gasteiger partial charge in [0.1, 0.15) is 0 Å². The predicted molar refractivity (Wildman–Crippen MR) is 61.1 cm³/mol. The van der Waals surface area contributed by atoms with Gasteiger partial charge in [-0.2, -0.15) is 0 Å². The van der Waals surface area contributed by atoms with Crippen molar-refractivity contribution in [2.75, 3.05) is 0 Å². The quantitative estimate of drug-likeness (QED) is 0.632. The molecule has 0 aromatic carbocycles. The van der Waals surface area contributed by atoms with Crippen LogP contribution in [0.25, 0.3) is 0 Å². The molecule has 1 saturated carbocycles. The van der Waals surface area contributed by atoms with Crippen LogP contribution >= 0.6 is 0 Å². The molecule has 0 spiro atoms. The summed E-state index contributed by atoms with van der Waals surface area (Å²) in [6, 6.07) is 0. The molecule has 1 aliphatic carbocycles. The van der Waals surface area contributed by atoms with Crippen LogP contribution in [0.2, 0.25) is 0 Å². The third-order valence-electron chi connectivity index (χ3n) is 4.76. The molecule has 84 valence electrons. The number of hydrogen-bond donors (Lipinski definition) is 1. The predicted octanol–water partition coefficient (Wildman–Crippen LogP) is 3.47. The van der Waals surface area contributed by atoms with E-state index in [4.69, 9.17) is 0 Å². The lowest BCUT2D eigenvalue weighted by molar-refractivity contribution is -0.0997. The van der Waals surface area contributed by atoms with E-state index in [9.17, 15) is 5.11 Å². The molecule has 0 saturated heterocycles. The summed E-state index contributed by atoms with van der Waals surface area (Å²) in [4.78, 5) is 0. The molecule has 0 amide bonds. The molecule has 0 radical (unpaired) electrons. The van der Waals surface area contributed by atoms with Gasteiger partial charge in [-0.15, -0.1) is 0 Å². The van der Waals surface area contributed by atoms with E-state index in [0.717, 1.165) is 18.8 Å². The minimum atomic E-state index is -0.131. The molecule has 4 atom stereocenters. The van der Waals surface area contributed by atoms with Gasteiger partial charge < -0.3 is 5.11 Å². The van der Waals surface area contributed by atoms with Crippen molar-refractivity contribution in [3.05, 3.63) is 0 Å². The Morgan fingerprint density at radius 3 is 2.07 bits per heavy atom. The Balaban J connectivity index is 2.89. The molecule has 1 N–H and O–H groups in total. The Labute approximate surface area is 88.9 Å². The summed E-state index contributed by atoms with van der Waals surface area (Å²) in [5.41, 5.74) is 0.278. The topological polar surface area (TPSA) is 20.2 Å². The van der Waals surface area contributed by atoms with E-state index in [-0.39, 0.29) is 16.9 Å². The molecule has 1 nitrogen and oxygen atoms in total. The molecule has 14 heavy (non-hydrogen) atoms. The maximum absolute atomic E-state index is 10.3. The Bertz CT molecular complexity index is 204. The summed E-state index contributed by atoms with van der Waals surface area (Å²) < 4.78 is 0. The summed E-state index contributed by atoms with van der Waals surface area (Å²) >= 11 is 0. The monoisotopic (exact) mass is 198 g/mol. The SMILES string of the molecule is CC1CC(O)[C@](C)(C(C)(C)C)CC1C. The van der Waals surface area contributed by atoms with Gasteiger partial charge in [-0.3, -0.25) is 0 Å². The van der Waals surface area contributed by atoms with Gasteiger partial charge in [0, 0.05) is 0 Å². The van der Waals surface area contributed by atoms with Gasteiger partial charge in [-0.1, -0.05) is 41.5 Å². The average molecular weight is 198 g/mol. The second kappa shape index (κ2) is 3.52. The normalized spacial score (nSPS) is 45.2. The number of hydrogen-bond acceptors (Lipinski definition) is 1. The first-order valence-electron chi connectivity index (χ1n) is 5.86. The summed E-state index contributed by atoms with van der Waals surface area (Å²) in [7, 11) is 0. The van der Waals surface area contributed by atoms with Crippen LogP contribution in [-0.2, 0) is 0 Å². The zero-order valence-corrected chi connectivity index (χ0v) is 10.6. The number of rotatable bonds is 0. The van der Waals surface area contributed by atoms with Crippen molar-refractivity contribution >= 4 is 0 Å². The van der Waals surface area contributed by atoms with Crippen LogP contribution in [0, 0.1) is 22.7 Å². The molecule has 0 aromatic heterocycles. The Kier molecular flexibility index (Phi) is 3.02. The third kappa shape index (κ3) is 1.84. The van der Waals surface area contributed by atoms with Crippen molar-refractivity contribution in [1.29, 1.82) is 0 Å². The molecule has 0 aromatic rings. The highest BCUT2D eigenvalue weighted by Gasteiger charge is 2.48. The van der Waals surface area contributed by atoms with Gasteiger partial charge in [0.2, 0.25) is 0 Å². The Hall–Kier alpha value is -0.0400. The molecule has 1 aliphatic rings. The lowest BCUT2D eigenvalue weighted by atomic mass is 9.55. The van der Waals surface area contributed by atoms with E-state index < -0.39 is 0 Å². The first kappa shape index (κ1) is 12.0. The maximum Gasteiger partial charge on any atom is 0.0601 e. The van der Waals surface area contributed by atoms with Crippen molar-refractivity contribution in [3.63, 3.8) is 0 Å². The van der Waals surface area contributed by atoms with E-state index in [1.54, 1.807) is 0 Å². The summed E-state index contributed by atoms with van der Waals surface area (Å²) in [6.07, 6.45) is 1.99. The van der Waals surface area contributed by atoms with E-state index in [1.165, 1.54) is 0 Å². The fourth-order valence-electron chi connectivity index (χ4n) is 2.66. The molecule has 1 rings (SSSR count). The van der Waals surface area contributed by atoms with Crippen LogP contribution in [-0.4, -0.2) is 11.2 Å². The van der Waals surface area contributed by atoms with Crippen molar-refractivity contribution < 1.29 is 5.11 Å². The first-order chi connectivity index (χ1) is 6.18. The molecule has 3 unspecified atom stereocenters. The average Bonchev–Trinajstić information content (AvgIpc) is 1.99. The number of aliphatic hydroxyl groups excluding tert-OH is 1. The van der Waals surface area contributed by atoms with E-state index in [1.807, 2.05) is 0 Å². The van der Waals surface area contributed by atoms with Crippen LogP contribution in [0.5, 0.6) is 0 Å². The van der Waals surface area contributed by atoms with Gasteiger partial charge in [0.25, 0.3) is 0 Å². The van der Waals surface area contributed by atoms with E-state index >= 15 is 0 Å². The highest BCUT2D eigenvalue weighted by Crippen LogP contribution is 2.52. The number of aliphatic hydroxyl groups is 1.